The molecule has 2 aliphatic heterocycles. The lowest BCUT2D eigenvalue weighted by atomic mass is 9.95. The van der Waals surface area contributed by atoms with Gasteiger partial charge >= 0.3 is 0 Å². The van der Waals surface area contributed by atoms with Crippen LogP contribution in [-0.2, 0) is 9.53 Å². The van der Waals surface area contributed by atoms with Gasteiger partial charge in [-0.25, -0.2) is 0 Å². The minimum Gasteiger partial charge on any atom is -0.377 e. The minimum atomic E-state index is 0.218. The molecule has 5 heteroatoms. The molecule has 0 aromatic rings. The predicted molar refractivity (Wildman–Crippen MR) is 108 cm³/mol. The highest BCUT2D eigenvalue weighted by Gasteiger charge is 2.25. The molecular weight excluding hydrogens is 326 g/mol. The monoisotopic (exact) mass is 367 g/mol. The molecular formula is C21H41N3O2. The second kappa shape index (κ2) is 11.4. The van der Waals surface area contributed by atoms with Crippen molar-refractivity contribution in [3.05, 3.63) is 0 Å². The Morgan fingerprint density at radius 3 is 2.15 bits per heavy atom. The van der Waals surface area contributed by atoms with E-state index in [0.717, 1.165) is 38.6 Å². The molecule has 2 heterocycles. The smallest absolute Gasteiger partial charge is 0.149 e. The molecule has 1 unspecified atom stereocenters. The Labute approximate surface area is 161 Å². The number of likely N-dealkylation sites (tertiary alicyclic amines) is 1. The zero-order valence-corrected chi connectivity index (χ0v) is 17.6. The number of ether oxygens (including phenoxy) is 1. The summed E-state index contributed by atoms with van der Waals surface area (Å²) in [5.74, 6) is 1.44. The summed E-state index contributed by atoms with van der Waals surface area (Å²) in [6.45, 7) is 19.1. The van der Waals surface area contributed by atoms with Crippen molar-refractivity contribution in [1.82, 2.24) is 14.7 Å². The fourth-order valence-corrected chi connectivity index (χ4v) is 3.91. The molecule has 26 heavy (non-hydrogen) atoms. The highest BCUT2D eigenvalue weighted by molar-refractivity contribution is 5.82. The van der Waals surface area contributed by atoms with Crippen molar-refractivity contribution in [2.24, 2.45) is 11.8 Å². The topological polar surface area (TPSA) is 36.0 Å². The molecule has 2 saturated heterocycles. The van der Waals surface area contributed by atoms with Gasteiger partial charge in [0.05, 0.1) is 19.3 Å². The number of nitrogens with zero attached hydrogens (tertiary/aromatic N) is 3. The van der Waals surface area contributed by atoms with Gasteiger partial charge in [0.1, 0.15) is 5.78 Å². The third kappa shape index (κ3) is 7.63. The molecule has 0 N–H and O–H groups in total. The van der Waals surface area contributed by atoms with Gasteiger partial charge < -0.3 is 9.64 Å². The lowest BCUT2D eigenvalue weighted by Gasteiger charge is -2.39. The zero-order chi connectivity index (χ0) is 18.9. The maximum Gasteiger partial charge on any atom is 0.149 e. The predicted octanol–water partition coefficient (Wildman–Crippen LogP) is 2.36. The molecule has 0 aromatic heterocycles. The zero-order valence-electron chi connectivity index (χ0n) is 17.6. The third-order valence-electron chi connectivity index (χ3n) is 6.09. The summed E-state index contributed by atoms with van der Waals surface area (Å²) in [7, 11) is 0. The van der Waals surface area contributed by atoms with Gasteiger partial charge in [0.2, 0.25) is 0 Å². The van der Waals surface area contributed by atoms with Gasteiger partial charge in [0.25, 0.3) is 0 Å². The van der Waals surface area contributed by atoms with Crippen molar-refractivity contribution in [2.45, 2.75) is 53.1 Å². The van der Waals surface area contributed by atoms with Crippen LogP contribution in [0.15, 0.2) is 0 Å². The van der Waals surface area contributed by atoms with Crippen LogP contribution in [0.4, 0.5) is 0 Å². The van der Waals surface area contributed by atoms with Crippen molar-refractivity contribution in [2.75, 3.05) is 65.5 Å². The van der Waals surface area contributed by atoms with Crippen LogP contribution in [-0.4, -0.2) is 92.1 Å². The first-order valence-electron chi connectivity index (χ1n) is 10.8. The molecule has 0 radical (unpaired) electrons. The fraction of sp³-hybridized carbons (Fsp3) is 0.952. The van der Waals surface area contributed by atoms with Gasteiger partial charge in [-0.2, -0.15) is 0 Å². The lowest BCUT2D eigenvalue weighted by Crippen LogP contribution is -2.49. The summed E-state index contributed by atoms with van der Waals surface area (Å²) in [6.07, 6.45) is 3.79. The molecule has 0 aliphatic carbocycles. The Hall–Kier alpha value is -0.490. The summed E-state index contributed by atoms with van der Waals surface area (Å²) in [4.78, 5) is 19.7. The van der Waals surface area contributed by atoms with E-state index in [1.807, 2.05) is 0 Å². The quantitative estimate of drug-likeness (QED) is 0.592. The minimum absolute atomic E-state index is 0.218. The van der Waals surface area contributed by atoms with Crippen LogP contribution in [0.1, 0.15) is 47.0 Å². The number of hydrogen-bond acceptors (Lipinski definition) is 5. The highest BCUT2D eigenvalue weighted by Crippen LogP contribution is 2.19. The van der Waals surface area contributed by atoms with E-state index in [-0.39, 0.29) is 5.92 Å². The number of piperazine rings is 1. The normalized spacial score (nSPS) is 22.8. The van der Waals surface area contributed by atoms with Crippen LogP contribution >= 0.6 is 0 Å². The van der Waals surface area contributed by atoms with Crippen LogP contribution in [0.5, 0.6) is 0 Å². The van der Waals surface area contributed by atoms with E-state index in [0.29, 0.717) is 18.4 Å². The first kappa shape index (κ1) is 21.8. The first-order chi connectivity index (χ1) is 12.5. The van der Waals surface area contributed by atoms with Crippen molar-refractivity contribution >= 4 is 5.78 Å². The van der Waals surface area contributed by atoms with Crippen molar-refractivity contribution in [3.63, 3.8) is 0 Å². The number of ketones is 1. The molecule has 0 bridgehead atoms. The van der Waals surface area contributed by atoms with Crippen LogP contribution in [0.2, 0.25) is 0 Å². The molecule has 0 spiro atoms. The molecule has 152 valence electrons. The average molecular weight is 368 g/mol. The standard InChI is InChI=1S/C21H41N3O2/c1-5-19(4)21(25)17-23-8-6-20(7-9-23)16-24-12-10-22(11-13-24)14-15-26-18(2)3/h18-20H,5-17H2,1-4H3. The molecule has 1 atom stereocenters. The van der Waals surface area contributed by atoms with Gasteiger partial charge in [-0.3, -0.25) is 14.6 Å². The maximum atomic E-state index is 12.1. The number of carbonyl (C=O) groups is 1. The van der Waals surface area contributed by atoms with E-state index < -0.39 is 0 Å². The number of Topliss-reactive ketones (excluding diaryl/α,β-unsaturated/α-hetero) is 1. The summed E-state index contributed by atoms with van der Waals surface area (Å²) in [6, 6.07) is 0. The van der Waals surface area contributed by atoms with E-state index in [2.05, 4.69) is 42.4 Å². The van der Waals surface area contributed by atoms with Gasteiger partial charge in [0, 0.05) is 45.2 Å². The second-order valence-electron chi connectivity index (χ2n) is 8.56. The van der Waals surface area contributed by atoms with Gasteiger partial charge in [-0.05, 0) is 52.1 Å². The Morgan fingerprint density at radius 2 is 1.58 bits per heavy atom. The molecule has 0 saturated carbocycles. The lowest BCUT2D eigenvalue weighted by molar-refractivity contribution is -0.124. The molecule has 2 fully saturated rings. The number of rotatable bonds is 10. The summed E-state index contributed by atoms with van der Waals surface area (Å²) in [5, 5.41) is 0. The molecule has 0 amide bonds. The summed E-state index contributed by atoms with van der Waals surface area (Å²) in [5.41, 5.74) is 0. The van der Waals surface area contributed by atoms with Crippen LogP contribution in [0.25, 0.3) is 0 Å². The molecule has 2 rings (SSSR count). The second-order valence-corrected chi connectivity index (χ2v) is 8.56. The van der Waals surface area contributed by atoms with Crippen molar-refractivity contribution in [1.29, 1.82) is 0 Å². The Bertz CT molecular complexity index is 400. The number of carbonyl (C=O) groups excluding carboxylic acids is 1. The van der Waals surface area contributed by atoms with E-state index >= 15 is 0 Å². The van der Waals surface area contributed by atoms with E-state index in [1.165, 1.54) is 45.6 Å². The molecule has 2 aliphatic rings. The SMILES string of the molecule is CCC(C)C(=O)CN1CCC(CN2CCN(CCOC(C)C)CC2)CC1. The Balaban J connectivity index is 1.58. The third-order valence-corrected chi connectivity index (χ3v) is 6.09. The molecule has 0 aromatic carbocycles. The van der Waals surface area contributed by atoms with Crippen molar-refractivity contribution in [3.8, 4) is 0 Å². The average Bonchev–Trinajstić information content (AvgIpc) is 2.63. The van der Waals surface area contributed by atoms with E-state index in [1.54, 1.807) is 0 Å². The fourth-order valence-electron chi connectivity index (χ4n) is 3.91. The summed E-state index contributed by atoms with van der Waals surface area (Å²) >= 11 is 0. The summed E-state index contributed by atoms with van der Waals surface area (Å²) < 4.78 is 5.67. The largest absolute Gasteiger partial charge is 0.377 e. The first-order valence-corrected chi connectivity index (χ1v) is 10.8. The highest BCUT2D eigenvalue weighted by atomic mass is 16.5. The van der Waals surface area contributed by atoms with Crippen LogP contribution < -0.4 is 0 Å². The van der Waals surface area contributed by atoms with Crippen LogP contribution in [0.3, 0.4) is 0 Å². The van der Waals surface area contributed by atoms with E-state index in [9.17, 15) is 4.79 Å². The van der Waals surface area contributed by atoms with E-state index in [4.69, 9.17) is 4.74 Å². The van der Waals surface area contributed by atoms with Gasteiger partial charge in [0.15, 0.2) is 0 Å². The number of piperidine rings is 1. The maximum absolute atomic E-state index is 12.1. The van der Waals surface area contributed by atoms with Gasteiger partial charge in [-0.15, -0.1) is 0 Å². The number of hydrogen-bond donors (Lipinski definition) is 0. The van der Waals surface area contributed by atoms with Gasteiger partial charge in [-0.1, -0.05) is 13.8 Å². The van der Waals surface area contributed by atoms with Crippen LogP contribution in [0, 0.1) is 11.8 Å². The Morgan fingerprint density at radius 1 is 0.962 bits per heavy atom. The Kier molecular flexibility index (Phi) is 9.54. The van der Waals surface area contributed by atoms with Crippen molar-refractivity contribution < 1.29 is 9.53 Å². The molecule has 5 nitrogen and oxygen atoms in total.